The minimum Gasteiger partial charge on any atom is -0.550 e. The normalized spacial score (nSPS) is 8.55. The molecular weight excluding hydrogens is 342 g/mol. The molecule has 0 radical (unpaired) electrons. The molecule has 0 saturated heterocycles. The van der Waals surface area contributed by atoms with Crippen molar-refractivity contribution in [3.63, 3.8) is 0 Å². The number of rotatable bonds is 8. The molecule has 0 aliphatic rings. The van der Waals surface area contributed by atoms with Gasteiger partial charge in [0.05, 0.1) is 0 Å². The molecule has 0 spiro atoms. The molecule has 0 N–H and O–H groups in total. The van der Waals surface area contributed by atoms with Gasteiger partial charge in [-0.15, -0.1) is 0 Å². The van der Waals surface area contributed by atoms with Gasteiger partial charge in [-0.3, -0.25) is 0 Å². The molecule has 0 saturated carbocycles. The predicted octanol–water partition coefficient (Wildman–Crippen LogP) is -2.25. The van der Waals surface area contributed by atoms with E-state index >= 15 is 0 Å². The fourth-order valence-electron chi connectivity index (χ4n) is 0.789. The zero-order valence-electron chi connectivity index (χ0n) is 12.6. The number of hydrogen-bond acceptors (Lipinski definition) is 6. The molecule has 0 unspecified atom stereocenters. The van der Waals surface area contributed by atoms with Gasteiger partial charge in [-0.1, -0.05) is 13.3 Å². The fraction of sp³-hybridized carbons (Fsp3) is 0.750. The molecule has 0 aliphatic heterocycles. The van der Waals surface area contributed by atoms with Gasteiger partial charge in [0.15, 0.2) is 0 Å². The Morgan fingerprint density at radius 1 is 0.850 bits per heavy atom. The molecule has 8 heteroatoms. The van der Waals surface area contributed by atoms with Gasteiger partial charge < -0.3 is 9.90 Å². The monoisotopic (exact) mass is 364 g/mol. The Hall–Kier alpha value is -0.0705. The summed E-state index contributed by atoms with van der Waals surface area (Å²) < 4.78 is 9.36. The van der Waals surface area contributed by atoms with E-state index in [2.05, 4.69) is 7.64 Å². The van der Waals surface area contributed by atoms with Crippen LogP contribution < -0.4 is 34.7 Å². The first kappa shape index (κ1) is 24.9. The van der Waals surface area contributed by atoms with Crippen molar-refractivity contribution in [2.45, 2.75) is 59.3 Å². The van der Waals surface area contributed by atoms with E-state index in [1.807, 2.05) is 13.8 Å². The Morgan fingerprint density at radius 3 is 1.40 bits per heavy atom. The van der Waals surface area contributed by atoms with E-state index in [4.69, 9.17) is 0 Å². The van der Waals surface area contributed by atoms with Crippen LogP contribution in [0.5, 0.6) is 0 Å². The summed E-state index contributed by atoms with van der Waals surface area (Å²) in [5.74, 6) is -1.56. The summed E-state index contributed by atoms with van der Waals surface area (Å²) in [6.45, 7) is 5.57. The van der Waals surface area contributed by atoms with Crippen molar-refractivity contribution in [3.05, 3.63) is 0 Å². The summed E-state index contributed by atoms with van der Waals surface area (Å²) >= 11 is -0.779. The molecule has 0 atom stereocenters. The summed E-state index contributed by atoms with van der Waals surface area (Å²) in [5, 5.41) is 9.49. The van der Waals surface area contributed by atoms with Crippen LogP contribution in [-0.2, 0) is 22.0 Å². The Morgan fingerprint density at radius 2 is 1.20 bits per heavy atom. The third kappa shape index (κ3) is 23.1. The van der Waals surface area contributed by atoms with E-state index in [0.717, 1.165) is 12.8 Å². The molecule has 0 aromatic carbocycles. The van der Waals surface area contributed by atoms with Crippen molar-refractivity contribution < 1.29 is 56.7 Å². The van der Waals surface area contributed by atoms with Gasteiger partial charge in [-0.25, -0.2) is 0 Å². The number of hydrogen-bond donors (Lipinski definition) is 0. The van der Waals surface area contributed by atoms with E-state index in [-0.39, 0.29) is 47.9 Å². The van der Waals surface area contributed by atoms with Gasteiger partial charge in [0, 0.05) is 5.97 Å². The molecule has 0 heterocycles. The van der Waals surface area contributed by atoms with Crippen LogP contribution in [0, 0.1) is 0 Å². The molecule has 0 aromatic heterocycles. The summed E-state index contributed by atoms with van der Waals surface area (Å²) in [6.07, 6.45) is 3.11. The summed E-state index contributed by atoms with van der Waals surface area (Å²) in [5.41, 5.74) is 0. The molecule has 0 aromatic rings. The first-order valence-electron chi connectivity index (χ1n) is 6.24. The van der Waals surface area contributed by atoms with Crippen molar-refractivity contribution in [1.82, 2.24) is 0 Å². The van der Waals surface area contributed by atoms with Crippen LogP contribution >= 0.6 is 0 Å². The number of carbonyl (C=O) groups excluding carboxylic acids is 3. The smallest absolute Gasteiger partial charge is 0.550 e. The van der Waals surface area contributed by atoms with E-state index in [0.29, 0.717) is 19.3 Å². The maximum atomic E-state index is 10.8. The molecule has 112 valence electrons. The Kier molecular flexibility index (Phi) is 23.6. The second-order valence-electron chi connectivity index (χ2n) is 3.60. The number of carbonyl (C=O) groups is 3. The van der Waals surface area contributed by atoms with Crippen molar-refractivity contribution in [2.24, 2.45) is 0 Å². The first-order chi connectivity index (χ1) is 8.97. The van der Waals surface area contributed by atoms with Crippen molar-refractivity contribution >= 4 is 33.5 Å². The van der Waals surface area contributed by atoms with Crippen molar-refractivity contribution in [2.75, 3.05) is 0 Å². The topological polar surface area (TPSA) is 92.7 Å². The van der Waals surface area contributed by atoms with Crippen LogP contribution in [0.25, 0.3) is 0 Å². The standard InChI is InChI=1S/C8H14O4Se.C4H8O2.Na/c1-3-5-7(9)11-13-12-8(10)6-4-2;1-2-3-4(5)6;/h3-6H2,1-2H3;2-3H2,1H3,(H,5,6);/q;;+1/p-1. The van der Waals surface area contributed by atoms with E-state index in [9.17, 15) is 19.5 Å². The average Bonchev–Trinajstić information content (AvgIpc) is 2.30. The van der Waals surface area contributed by atoms with Crippen LogP contribution in [0.1, 0.15) is 59.3 Å². The quantitative estimate of drug-likeness (QED) is 0.453. The molecule has 0 bridgehead atoms. The third-order valence-corrected chi connectivity index (χ3v) is 2.68. The molecule has 0 amide bonds. The Labute approximate surface area is 149 Å². The molecule has 0 fully saturated rings. The maximum absolute atomic E-state index is 10.8. The van der Waals surface area contributed by atoms with Gasteiger partial charge in [0.1, 0.15) is 0 Å². The number of carboxylic acids is 1. The third-order valence-electron chi connectivity index (χ3n) is 1.62. The zero-order valence-corrected chi connectivity index (χ0v) is 16.3. The van der Waals surface area contributed by atoms with E-state index < -0.39 is 21.6 Å². The van der Waals surface area contributed by atoms with Crippen LogP contribution in [-0.4, -0.2) is 33.5 Å². The summed E-state index contributed by atoms with van der Waals surface area (Å²) in [4.78, 5) is 31.1. The SMILES string of the molecule is CCCC(=O)O[Se]OC(=O)CCC.CCCC(=O)[O-].[Na+]. The van der Waals surface area contributed by atoms with Gasteiger partial charge in [-0.05, 0) is 6.42 Å². The van der Waals surface area contributed by atoms with Gasteiger partial charge in [0.25, 0.3) is 0 Å². The van der Waals surface area contributed by atoms with Crippen LogP contribution in [0.4, 0.5) is 0 Å². The van der Waals surface area contributed by atoms with E-state index in [1.54, 1.807) is 6.92 Å². The van der Waals surface area contributed by atoms with Crippen LogP contribution in [0.3, 0.4) is 0 Å². The van der Waals surface area contributed by atoms with Gasteiger partial charge in [0.2, 0.25) is 0 Å². The maximum Gasteiger partial charge on any atom is 1.00 e. The summed E-state index contributed by atoms with van der Waals surface area (Å²) in [7, 11) is 0. The number of carboxylic acid groups (broad SMARTS) is 1. The minimum absolute atomic E-state index is 0. The number of aliphatic carboxylic acids is 1. The molecule has 0 rings (SSSR count). The Bertz CT molecular complexity index is 255. The van der Waals surface area contributed by atoms with Crippen molar-refractivity contribution in [3.8, 4) is 0 Å². The fourth-order valence-corrected chi connectivity index (χ4v) is 1.53. The second kappa shape index (κ2) is 18.9. The zero-order chi connectivity index (χ0) is 15.1. The first-order valence-corrected chi connectivity index (χ1v) is 7.64. The predicted molar refractivity (Wildman–Crippen MR) is 67.7 cm³/mol. The Balaban J connectivity index is -0.000000352. The largest absolute Gasteiger partial charge is 1.00 e. The molecule has 20 heavy (non-hydrogen) atoms. The van der Waals surface area contributed by atoms with Crippen LogP contribution in [0.2, 0.25) is 0 Å². The van der Waals surface area contributed by atoms with Gasteiger partial charge >= 0.3 is 114 Å². The van der Waals surface area contributed by atoms with Crippen molar-refractivity contribution in [1.29, 1.82) is 0 Å². The van der Waals surface area contributed by atoms with E-state index in [1.165, 1.54) is 0 Å². The van der Waals surface area contributed by atoms with Crippen LogP contribution in [0.15, 0.2) is 0 Å². The second-order valence-corrected chi connectivity index (χ2v) is 4.59. The molecule has 6 nitrogen and oxygen atoms in total. The summed E-state index contributed by atoms with van der Waals surface area (Å²) in [6, 6.07) is 0. The minimum atomic E-state index is -0.961. The molecular formula is C12H21NaO6Se. The van der Waals surface area contributed by atoms with Gasteiger partial charge in [-0.2, -0.15) is 0 Å². The average molecular weight is 363 g/mol. The molecule has 0 aliphatic carbocycles.